The second-order valence-electron chi connectivity index (χ2n) is 4.44. The van der Waals surface area contributed by atoms with Crippen LogP contribution in [0.3, 0.4) is 0 Å². The summed E-state index contributed by atoms with van der Waals surface area (Å²) in [5.41, 5.74) is 3.27. The predicted molar refractivity (Wildman–Crippen MR) is 81.0 cm³/mol. The molecule has 3 rings (SSSR count). The Balaban J connectivity index is 1.96. The van der Waals surface area contributed by atoms with E-state index in [1.54, 1.807) is 12.3 Å². The van der Waals surface area contributed by atoms with Crippen LogP contribution in [0, 0.1) is 0 Å². The van der Waals surface area contributed by atoms with Gasteiger partial charge in [0.2, 0.25) is 0 Å². The zero-order valence-corrected chi connectivity index (χ0v) is 11.6. The van der Waals surface area contributed by atoms with Crippen molar-refractivity contribution in [3.8, 4) is 0 Å². The number of rotatable bonds is 2. The quantitative estimate of drug-likeness (QED) is 0.636. The SMILES string of the molecule is Clc1ccc(Cc2ccc3cccnc3c2)c(Cl)c1. The molecule has 0 atom stereocenters. The highest BCUT2D eigenvalue weighted by Gasteiger charge is 2.04. The summed E-state index contributed by atoms with van der Waals surface area (Å²) >= 11 is 12.1. The Morgan fingerprint density at radius 3 is 2.68 bits per heavy atom. The van der Waals surface area contributed by atoms with Crippen molar-refractivity contribution in [2.45, 2.75) is 6.42 Å². The van der Waals surface area contributed by atoms with E-state index >= 15 is 0 Å². The van der Waals surface area contributed by atoms with Gasteiger partial charge in [0.05, 0.1) is 5.52 Å². The van der Waals surface area contributed by atoms with E-state index in [0.717, 1.165) is 22.9 Å². The Bertz CT molecular complexity index is 738. The first kappa shape index (κ1) is 12.5. The van der Waals surface area contributed by atoms with Crippen LogP contribution in [0.4, 0.5) is 0 Å². The summed E-state index contributed by atoms with van der Waals surface area (Å²) in [6.07, 6.45) is 2.59. The summed E-state index contributed by atoms with van der Waals surface area (Å²) in [4.78, 5) is 4.37. The second kappa shape index (κ2) is 5.20. The van der Waals surface area contributed by atoms with Crippen LogP contribution in [-0.2, 0) is 6.42 Å². The molecule has 1 aromatic heterocycles. The molecule has 94 valence electrons. The first-order valence-corrected chi connectivity index (χ1v) is 6.75. The molecule has 0 saturated heterocycles. The first-order chi connectivity index (χ1) is 9.22. The molecule has 1 nitrogen and oxygen atoms in total. The zero-order valence-electron chi connectivity index (χ0n) is 10.1. The average Bonchev–Trinajstić information content (AvgIpc) is 2.42. The standard InChI is InChI=1S/C16H11Cl2N/c17-14-6-5-13(15(18)10-14)8-11-3-4-12-2-1-7-19-16(12)9-11/h1-7,9-10H,8H2. The largest absolute Gasteiger partial charge is 0.256 e. The van der Waals surface area contributed by atoms with Crippen molar-refractivity contribution >= 4 is 34.1 Å². The van der Waals surface area contributed by atoms with Gasteiger partial charge in [-0.1, -0.05) is 47.5 Å². The maximum Gasteiger partial charge on any atom is 0.0704 e. The molecule has 3 heteroatoms. The molecule has 0 aliphatic heterocycles. The summed E-state index contributed by atoms with van der Waals surface area (Å²) < 4.78 is 0. The number of fused-ring (bicyclic) bond motifs is 1. The number of halogens is 2. The number of pyridine rings is 1. The van der Waals surface area contributed by atoms with Crippen LogP contribution in [0.25, 0.3) is 10.9 Å². The van der Waals surface area contributed by atoms with Crippen LogP contribution in [0.5, 0.6) is 0 Å². The van der Waals surface area contributed by atoms with Crippen LogP contribution in [0.15, 0.2) is 54.7 Å². The van der Waals surface area contributed by atoms with Gasteiger partial charge in [-0.3, -0.25) is 4.98 Å². The fourth-order valence-corrected chi connectivity index (χ4v) is 2.58. The van der Waals surface area contributed by atoms with E-state index in [-0.39, 0.29) is 0 Å². The van der Waals surface area contributed by atoms with Gasteiger partial charge < -0.3 is 0 Å². The van der Waals surface area contributed by atoms with Gasteiger partial charge in [0.1, 0.15) is 0 Å². The number of hydrogen-bond acceptors (Lipinski definition) is 1. The van der Waals surface area contributed by atoms with Gasteiger partial charge in [0, 0.05) is 21.6 Å². The van der Waals surface area contributed by atoms with E-state index in [1.165, 1.54) is 5.56 Å². The van der Waals surface area contributed by atoms with Gasteiger partial charge in [-0.2, -0.15) is 0 Å². The van der Waals surface area contributed by atoms with Crippen molar-refractivity contribution in [1.29, 1.82) is 0 Å². The second-order valence-corrected chi connectivity index (χ2v) is 5.29. The van der Waals surface area contributed by atoms with E-state index in [1.807, 2.05) is 18.2 Å². The molecule has 0 aliphatic carbocycles. The fraction of sp³-hybridized carbons (Fsp3) is 0.0625. The molecule has 0 amide bonds. The molecule has 0 aliphatic rings. The maximum absolute atomic E-state index is 6.20. The minimum Gasteiger partial charge on any atom is -0.256 e. The van der Waals surface area contributed by atoms with Crippen LogP contribution >= 0.6 is 23.2 Å². The molecular formula is C16H11Cl2N. The van der Waals surface area contributed by atoms with Crippen molar-refractivity contribution in [2.75, 3.05) is 0 Å². The van der Waals surface area contributed by atoms with E-state index in [9.17, 15) is 0 Å². The molecule has 0 saturated carbocycles. The van der Waals surface area contributed by atoms with Gasteiger partial charge in [-0.15, -0.1) is 0 Å². The normalized spacial score (nSPS) is 10.8. The third kappa shape index (κ3) is 2.73. The van der Waals surface area contributed by atoms with Crippen LogP contribution in [0.1, 0.15) is 11.1 Å². The lowest BCUT2D eigenvalue weighted by Crippen LogP contribution is -1.90. The maximum atomic E-state index is 6.20. The van der Waals surface area contributed by atoms with E-state index in [2.05, 4.69) is 29.2 Å². The Morgan fingerprint density at radius 1 is 0.947 bits per heavy atom. The smallest absolute Gasteiger partial charge is 0.0704 e. The summed E-state index contributed by atoms with van der Waals surface area (Å²) in [5, 5.41) is 2.51. The minimum atomic E-state index is 0.661. The monoisotopic (exact) mass is 287 g/mol. The summed E-state index contributed by atoms with van der Waals surface area (Å²) in [7, 11) is 0. The fourth-order valence-electron chi connectivity index (χ4n) is 2.11. The van der Waals surface area contributed by atoms with E-state index < -0.39 is 0 Å². The number of nitrogens with zero attached hydrogens (tertiary/aromatic N) is 1. The highest BCUT2D eigenvalue weighted by atomic mass is 35.5. The molecule has 0 bridgehead atoms. The Morgan fingerprint density at radius 2 is 1.84 bits per heavy atom. The first-order valence-electron chi connectivity index (χ1n) is 6.00. The topological polar surface area (TPSA) is 12.9 Å². The average molecular weight is 288 g/mol. The Labute approximate surface area is 121 Å². The van der Waals surface area contributed by atoms with Crippen LogP contribution < -0.4 is 0 Å². The molecule has 0 spiro atoms. The third-order valence-corrected chi connectivity index (χ3v) is 3.67. The molecule has 0 radical (unpaired) electrons. The molecule has 19 heavy (non-hydrogen) atoms. The lowest BCUT2D eigenvalue weighted by molar-refractivity contribution is 1.19. The van der Waals surface area contributed by atoms with Gasteiger partial charge in [-0.05, 0) is 41.8 Å². The highest BCUT2D eigenvalue weighted by Crippen LogP contribution is 2.24. The molecule has 0 fully saturated rings. The minimum absolute atomic E-state index is 0.661. The van der Waals surface area contributed by atoms with Crippen LogP contribution in [-0.4, -0.2) is 4.98 Å². The summed E-state index contributed by atoms with van der Waals surface area (Å²) in [6.45, 7) is 0. The van der Waals surface area contributed by atoms with E-state index in [4.69, 9.17) is 23.2 Å². The van der Waals surface area contributed by atoms with Crippen molar-refractivity contribution < 1.29 is 0 Å². The van der Waals surface area contributed by atoms with Crippen molar-refractivity contribution in [3.05, 3.63) is 75.9 Å². The van der Waals surface area contributed by atoms with Crippen molar-refractivity contribution in [1.82, 2.24) is 4.98 Å². The van der Waals surface area contributed by atoms with Gasteiger partial charge in [-0.25, -0.2) is 0 Å². The molecule has 0 N–H and O–H groups in total. The third-order valence-electron chi connectivity index (χ3n) is 3.08. The van der Waals surface area contributed by atoms with Gasteiger partial charge in [0.25, 0.3) is 0 Å². The van der Waals surface area contributed by atoms with Crippen LogP contribution in [0.2, 0.25) is 10.0 Å². The number of benzene rings is 2. The zero-order chi connectivity index (χ0) is 13.2. The summed E-state index contributed by atoms with van der Waals surface area (Å²) in [6, 6.07) is 15.9. The van der Waals surface area contributed by atoms with Crippen molar-refractivity contribution in [2.24, 2.45) is 0 Å². The highest BCUT2D eigenvalue weighted by molar-refractivity contribution is 6.35. The molecule has 1 heterocycles. The molecule has 2 aromatic carbocycles. The molecular weight excluding hydrogens is 277 g/mol. The molecule has 3 aromatic rings. The van der Waals surface area contributed by atoms with Gasteiger partial charge in [0.15, 0.2) is 0 Å². The van der Waals surface area contributed by atoms with E-state index in [0.29, 0.717) is 10.0 Å². The number of hydrogen-bond donors (Lipinski definition) is 0. The van der Waals surface area contributed by atoms with Gasteiger partial charge >= 0.3 is 0 Å². The number of aromatic nitrogens is 1. The Kier molecular flexibility index (Phi) is 3.41. The summed E-state index contributed by atoms with van der Waals surface area (Å²) in [5.74, 6) is 0. The lowest BCUT2D eigenvalue weighted by Gasteiger charge is -2.06. The Hall–Kier alpha value is -1.57. The lowest BCUT2D eigenvalue weighted by atomic mass is 10.0. The molecule has 0 unspecified atom stereocenters. The predicted octanol–water partition coefficient (Wildman–Crippen LogP) is 5.13. The van der Waals surface area contributed by atoms with Crippen molar-refractivity contribution in [3.63, 3.8) is 0 Å².